The Morgan fingerprint density at radius 3 is 2.75 bits per heavy atom. The number of aryl methyl sites for hydroxylation is 3. The van der Waals surface area contributed by atoms with Crippen LogP contribution >= 0.6 is 11.3 Å². The molecule has 0 spiro atoms. The Kier molecular flexibility index (Phi) is 3.50. The summed E-state index contributed by atoms with van der Waals surface area (Å²) in [6.07, 6.45) is 5.96. The molecule has 0 aliphatic heterocycles. The van der Waals surface area contributed by atoms with Crippen LogP contribution in [0.3, 0.4) is 0 Å². The fraction of sp³-hybridized carbons (Fsp3) is 0.412. The van der Waals surface area contributed by atoms with E-state index in [2.05, 4.69) is 21.3 Å². The van der Waals surface area contributed by atoms with E-state index in [9.17, 15) is 5.26 Å². The first-order chi connectivity index (χ1) is 11.6. The maximum absolute atomic E-state index is 9.72. The molecule has 3 aromatic rings. The summed E-state index contributed by atoms with van der Waals surface area (Å²) >= 11 is 1.68. The highest BCUT2D eigenvalue weighted by atomic mass is 32.1. The van der Waals surface area contributed by atoms with Gasteiger partial charge in [0.15, 0.2) is 5.82 Å². The van der Waals surface area contributed by atoms with Crippen molar-refractivity contribution in [3.05, 3.63) is 33.7 Å². The lowest BCUT2D eigenvalue weighted by Crippen LogP contribution is -2.03. The highest BCUT2D eigenvalue weighted by Crippen LogP contribution is 2.38. The van der Waals surface area contributed by atoms with Crippen molar-refractivity contribution in [2.24, 2.45) is 7.05 Å². The van der Waals surface area contributed by atoms with E-state index in [1.54, 1.807) is 17.7 Å². The number of hydrogen-bond donors (Lipinski definition) is 0. The Balaban J connectivity index is 1.93. The number of thiophene rings is 1. The van der Waals surface area contributed by atoms with Crippen molar-refractivity contribution in [1.29, 1.82) is 5.26 Å². The fourth-order valence-corrected chi connectivity index (χ4v) is 4.77. The quantitative estimate of drug-likeness (QED) is 0.720. The average Bonchev–Trinajstić information content (AvgIpc) is 3.23. The SMILES string of the molecule is Cc1nn(C)c(C)c1-c1ncnn1-c1sc2c(c1C#N)CCCC2. The summed E-state index contributed by atoms with van der Waals surface area (Å²) in [5.41, 5.74) is 4.93. The van der Waals surface area contributed by atoms with E-state index in [0.717, 1.165) is 52.6 Å². The third-order valence-electron chi connectivity index (χ3n) is 4.74. The summed E-state index contributed by atoms with van der Waals surface area (Å²) in [4.78, 5) is 5.80. The van der Waals surface area contributed by atoms with Gasteiger partial charge in [-0.15, -0.1) is 11.3 Å². The van der Waals surface area contributed by atoms with E-state index >= 15 is 0 Å². The van der Waals surface area contributed by atoms with Crippen LogP contribution in [0.1, 0.15) is 40.2 Å². The van der Waals surface area contributed by atoms with Gasteiger partial charge < -0.3 is 0 Å². The van der Waals surface area contributed by atoms with Crippen molar-refractivity contribution in [3.63, 3.8) is 0 Å². The molecule has 6 nitrogen and oxygen atoms in total. The monoisotopic (exact) mass is 338 g/mol. The molecule has 3 aromatic heterocycles. The van der Waals surface area contributed by atoms with Gasteiger partial charge in [-0.25, -0.2) is 9.67 Å². The summed E-state index contributed by atoms with van der Waals surface area (Å²) in [7, 11) is 1.93. The molecule has 1 aliphatic rings. The smallest absolute Gasteiger partial charge is 0.167 e. The number of fused-ring (bicyclic) bond motifs is 1. The number of nitriles is 1. The van der Waals surface area contributed by atoms with Crippen molar-refractivity contribution in [1.82, 2.24) is 24.5 Å². The van der Waals surface area contributed by atoms with Crippen molar-refractivity contribution >= 4 is 11.3 Å². The normalized spacial score (nSPS) is 13.8. The second-order valence-electron chi connectivity index (χ2n) is 6.17. The first-order valence-electron chi connectivity index (χ1n) is 8.07. The molecule has 0 saturated heterocycles. The van der Waals surface area contributed by atoms with Gasteiger partial charge in [0.05, 0.1) is 16.8 Å². The summed E-state index contributed by atoms with van der Waals surface area (Å²) in [6, 6.07) is 2.41. The number of hydrogen-bond acceptors (Lipinski definition) is 5. The van der Waals surface area contributed by atoms with Crippen LogP contribution in [0.2, 0.25) is 0 Å². The zero-order valence-corrected chi connectivity index (χ0v) is 14.8. The Morgan fingerprint density at radius 1 is 1.25 bits per heavy atom. The summed E-state index contributed by atoms with van der Waals surface area (Å²) < 4.78 is 3.67. The molecule has 0 bridgehead atoms. The van der Waals surface area contributed by atoms with Crippen molar-refractivity contribution in [3.8, 4) is 22.5 Å². The molecule has 122 valence electrons. The molecule has 0 saturated carbocycles. The Labute approximate surface area is 144 Å². The minimum absolute atomic E-state index is 0.758. The zero-order chi connectivity index (χ0) is 16.8. The second kappa shape index (κ2) is 5.56. The van der Waals surface area contributed by atoms with E-state index in [-0.39, 0.29) is 0 Å². The molecule has 0 unspecified atom stereocenters. The van der Waals surface area contributed by atoms with E-state index in [1.807, 2.05) is 30.3 Å². The first-order valence-corrected chi connectivity index (χ1v) is 8.89. The van der Waals surface area contributed by atoms with Crippen LogP contribution in [0.4, 0.5) is 0 Å². The van der Waals surface area contributed by atoms with Crippen molar-refractivity contribution in [2.75, 3.05) is 0 Å². The molecule has 0 fully saturated rings. The second-order valence-corrected chi connectivity index (χ2v) is 7.25. The van der Waals surface area contributed by atoms with Gasteiger partial charge in [-0.3, -0.25) is 4.68 Å². The average molecular weight is 338 g/mol. The lowest BCUT2D eigenvalue weighted by atomic mass is 9.96. The summed E-state index contributed by atoms with van der Waals surface area (Å²) in [5.74, 6) is 0.758. The minimum Gasteiger partial charge on any atom is -0.272 e. The number of aromatic nitrogens is 5. The molecular weight excluding hydrogens is 320 g/mol. The van der Waals surface area contributed by atoms with Gasteiger partial charge in [0.2, 0.25) is 0 Å². The molecule has 0 aromatic carbocycles. The van der Waals surface area contributed by atoms with E-state index in [1.165, 1.54) is 16.9 Å². The van der Waals surface area contributed by atoms with Crippen LogP contribution < -0.4 is 0 Å². The Morgan fingerprint density at radius 2 is 2.04 bits per heavy atom. The summed E-state index contributed by atoms with van der Waals surface area (Å²) in [5, 5.41) is 19.5. The van der Waals surface area contributed by atoms with Crippen LogP contribution in [-0.2, 0) is 19.9 Å². The van der Waals surface area contributed by atoms with Gasteiger partial charge in [0.1, 0.15) is 17.4 Å². The Bertz CT molecular complexity index is 968. The standard InChI is InChI=1S/C17H18N6S/c1-10-15(11(2)22(3)21-10)16-19-9-20-23(16)17-13(8-18)12-6-4-5-7-14(12)24-17/h9H,4-7H2,1-3H3. The Hall–Kier alpha value is -2.46. The molecule has 0 atom stereocenters. The molecule has 24 heavy (non-hydrogen) atoms. The molecule has 0 amide bonds. The van der Waals surface area contributed by atoms with Crippen molar-refractivity contribution < 1.29 is 0 Å². The molecule has 0 N–H and O–H groups in total. The van der Waals surface area contributed by atoms with E-state index in [0.29, 0.717) is 0 Å². The maximum Gasteiger partial charge on any atom is 0.167 e. The largest absolute Gasteiger partial charge is 0.272 e. The zero-order valence-electron chi connectivity index (χ0n) is 14.0. The maximum atomic E-state index is 9.72. The van der Waals surface area contributed by atoms with Crippen LogP contribution in [0.5, 0.6) is 0 Å². The van der Waals surface area contributed by atoms with Crippen LogP contribution in [-0.4, -0.2) is 24.5 Å². The third kappa shape index (κ3) is 2.10. The molecular formula is C17H18N6S. The summed E-state index contributed by atoms with van der Waals surface area (Å²) in [6.45, 7) is 4.00. The highest BCUT2D eigenvalue weighted by Gasteiger charge is 2.25. The molecule has 0 radical (unpaired) electrons. The van der Waals surface area contributed by atoms with Crippen LogP contribution in [0, 0.1) is 25.2 Å². The highest BCUT2D eigenvalue weighted by molar-refractivity contribution is 7.15. The molecule has 4 rings (SSSR count). The third-order valence-corrected chi connectivity index (χ3v) is 6.00. The van der Waals surface area contributed by atoms with Gasteiger partial charge in [-0.2, -0.15) is 15.5 Å². The van der Waals surface area contributed by atoms with Gasteiger partial charge >= 0.3 is 0 Å². The lowest BCUT2D eigenvalue weighted by molar-refractivity contribution is 0.695. The molecule has 7 heteroatoms. The van der Waals surface area contributed by atoms with Gasteiger partial charge in [0.25, 0.3) is 0 Å². The van der Waals surface area contributed by atoms with E-state index in [4.69, 9.17) is 0 Å². The van der Waals surface area contributed by atoms with Crippen LogP contribution in [0.15, 0.2) is 6.33 Å². The fourth-order valence-electron chi connectivity index (χ4n) is 3.47. The lowest BCUT2D eigenvalue weighted by Gasteiger charge is -2.09. The van der Waals surface area contributed by atoms with Gasteiger partial charge in [-0.1, -0.05) is 0 Å². The number of nitrogens with zero attached hydrogens (tertiary/aromatic N) is 6. The molecule has 1 aliphatic carbocycles. The first kappa shape index (κ1) is 15.1. The molecule has 3 heterocycles. The predicted octanol–water partition coefficient (Wildman–Crippen LogP) is 3.10. The topological polar surface area (TPSA) is 72.3 Å². The predicted molar refractivity (Wildman–Crippen MR) is 92.3 cm³/mol. The number of rotatable bonds is 2. The van der Waals surface area contributed by atoms with Crippen molar-refractivity contribution in [2.45, 2.75) is 39.5 Å². The van der Waals surface area contributed by atoms with Gasteiger partial charge in [-0.05, 0) is 45.1 Å². The van der Waals surface area contributed by atoms with Crippen LogP contribution in [0.25, 0.3) is 16.4 Å². The van der Waals surface area contributed by atoms with E-state index < -0.39 is 0 Å². The minimum atomic E-state index is 0.758. The van der Waals surface area contributed by atoms with Gasteiger partial charge in [0, 0.05) is 17.6 Å².